The van der Waals surface area contributed by atoms with Crippen LogP contribution in [0.2, 0.25) is 0 Å². The van der Waals surface area contributed by atoms with Crippen molar-refractivity contribution >= 4 is 5.91 Å². The zero-order chi connectivity index (χ0) is 14.0. The summed E-state index contributed by atoms with van der Waals surface area (Å²) in [6.07, 6.45) is -2.36. The van der Waals surface area contributed by atoms with Gasteiger partial charge in [-0.25, -0.2) is 0 Å². The molecular weight excluding hydrogens is 247 g/mol. The van der Waals surface area contributed by atoms with E-state index in [1.807, 2.05) is 0 Å². The Hall–Kier alpha value is -1.53. The van der Waals surface area contributed by atoms with Crippen molar-refractivity contribution in [3.05, 3.63) is 18.0 Å². The third-order valence-electron chi connectivity index (χ3n) is 2.32. The molecule has 0 spiro atoms. The molecule has 7 heteroatoms. The topological polar surface area (TPSA) is 46.9 Å². The van der Waals surface area contributed by atoms with Crippen LogP contribution < -0.4 is 5.32 Å². The molecule has 1 N–H and O–H groups in total. The molecule has 0 radical (unpaired) electrons. The molecule has 0 aromatic carbocycles. The SMILES string of the molecule is CCC(=O)NC(C)(C)Cn1cc(C(F)(F)F)cn1. The van der Waals surface area contributed by atoms with Gasteiger partial charge in [0.1, 0.15) is 0 Å². The van der Waals surface area contributed by atoms with Crippen molar-refractivity contribution in [2.24, 2.45) is 0 Å². The smallest absolute Gasteiger partial charge is 0.349 e. The summed E-state index contributed by atoms with van der Waals surface area (Å²) in [6, 6.07) is 0. The van der Waals surface area contributed by atoms with Crippen LogP contribution in [0, 0.1) is 0 Å². The number of amides is 1. The summed E-state index contributed by atoms with van der Waals surface area (Å²) in [4.78, 5) is 11.3. The summed E-state index contributed by atoms with van der Waals surface area (Å²) in [5.74, 6) is -0.150. The number of alkyl halides is 3. The molecule has 0 aliphatic carbocycles. The third kappa shape index (κ3) is 4.05. The Morgan fingerprint density at radius 3 is 2.50 bits per heavy atom. The lowest BCUT2D eigenvalue weighted by molar-refractivity contribution is -0.137. The van der Waals surface area contributed by atoms with E-state index >= 15 is 0 Å². The second kappa shape index (κ2) is 4.99. The molecule has 18 heavy (non-hydrogen) atoms. The quantitative estimate of drug-likeness (QED) is 0.905. The van der Waals surface area contributed by atoms with E-state index < -0.39 is 17.3 Å². The summed E-state index contributed by atoms with van der Waals surface area (Å²) < 4.78 is 38.3. The Morgan fingerprint density at radius 1 is 1.44 bits per heavy atom. The first-order chi connectivity index (χ1) is 8.14. The first kappa shape index (κ1) is 14.5. The molecule has 0 saturated heterocycles. The number of carbonyl (C=O) groups excluding carboxylic acids is 1. The van der Waals surface area contributed by atoms with Gasteiger partial charge in [-0.2, -0.15) is 18.3 Å². The molecule has 0 atom stereocenters. The van der Waals surface area contributed by atoms with E-state index in [2.05, 4.69) is 10.4 Å². The molecule has 0 bridgehead atoms. The predicted molar refractivity (Wildman–Crippen MR) is 59.7 cm³/mol. The molecule has 1 amide bonds. The van der Waals surface area contributed by atoms with Gasteiger partial charge in [-0.3, -0.25) is 9.48 Å². The molecule has 1 aromatic rings. The number of carbonyl (C=O) groups is 1. The summed E-state index contributed by atoms with van der Waals surface area (Å²) >= 11 is 0. The van der Waals surface area contributed by atoms with Gasteiger partial charge in [-0.1, -0.05) is 6.92 Å². The first-order valence-electron chi connectivity index (χ1n) is 5.55. The van der Waals surface area contributed by atoms with E-state index in [1.54, 1.807) is 20.8 Å². The van der Waals surface area contributed by atoms with Crippen LogP contribution in [-0.4, -0.2) is 21.2 Å². The minimum Gasteiger partial charge on any atom is -0.349 e. The second-order valence-corrected chi connectivity index (χ2v) is 4.71. The van der Waals surface area contributed by atoms with E-state index in [-0.39, 0.29) is 12.5 Å². The number of hydrogen-bond acceptors (Lipinski definition) is 2. The zero-order valence-corrected chi connectivity index (χ0v) is 10.5. The highest BCUT2D eigenvalue weighted by Crippen LogP contribution is 2.28. The molecule has 0 fully saturated rings. The predicted octanol–water partition coefficient (Wildman–Crippen LogP) is 2.21. The zero-order valence-electron chi connectivity index (χ0n) is 10.5. The molecule has 1 rings (SSSR count). The molecule has 0 saturated carbocycles. The van der Waals surface area contributed by atoms with Crippen molar-refractivity contribution in [1.29, 1.82) is 0 Å². The van der Waals surface area contributed by atoms with Gasteiger partial charge < -0.3 is 5.32 Å². The van der Waals surface area contributed by atoms with Gasteiger partial charge in [0.05, 0.1) is 23.8 Å². The van der Waals surface area contributed by atoms with Gasteiger partial charge >= 0.3 is 6.18 Å². The van der Waals surface area contributed by atoms with Crippen LogP contribution in [0.1, 0.15) is 32.8 Å². The van der Waals surface area contributed by atoms with Gasteiger partial charge in [-0.05, 0) is 13.8 Å². The van der Waals surface area contributed by atoms with Crippen molar-refractivity contribution in [2.75, 3.05) is 0 Å². The number of nitrogens with zero attached hydrogens (tertiary/aromatic N) is 2. The van der Waals surface area contributed by atoms with Crippen molar-refractivity contribution in [3.63, 3.8) is 0 Å². The summed E-state index contributed by atoms with van der Waals surface area (Å²) in [7, 11) is 0. The van der Waals surface area contributed by atoms with Crippen LogP contribution in [0.3, 0.4) is 0 Å². The van der Waals surface area contributed by atoms with E-state index in [4.69, 9.17) is 0 Å². The Kier molecular flexibility index (Phi) is 4.03. The van der Waals surface area contributed by atoms with E-state index in [1.165, 1.54) is 4.68 Å². The van der Waals surface area contributed by atoms with Gasteiger partial charge in [0.25, 0.3) is 0 Å². The summed E-state index contributed by atoms with van der Waals surface area (Å²) in [5, 5.41) is 6.37. The number of halogens is 3. The molecule has 1 aromatic heterocycles. The Balaban J connectivity index is 2.72. The fourth-order valence-corrected chi connectivity index (χ4v) is 1.51. The van der Waals surface area contributed by atoms with E-state index in [9.17, 15) is 18.0 Å². The maximum absolute atomic E-state index is 12.4. The molecule has 102 valence electrons. The minimum atomic E-state index is -4.39. The third-order valence-corrected chi connectivity index (χ3v) is 2.32. The average Bonchev–Trinajstić information content (AvgIpc) is 2.63. The normalized spacial score (nSPS) is 12.6. The number of rotatable bonds is 4. The standard InChI is InChI=1S/C11H16F3N3O/c1-4-9(18)16-10(2,3)7-17-6-8(5-15-17)11(12,13)14/h5-6H,4,7H2,1-3H3,(H,16,18). The lowest BCUT2D eigenvalue weighted by Crippen LogP contribution is -2.46. The summed E-state index contributed by atoms with van der Waals surface area (Å²) in [5.41, 5.74) is -1.44. The number of aromatic nitrogens is 2. The molecular formula is C11H16F3N3O. The monoisotopic (exact) mass is 263 g/mol. The van der Waals surface area contributed by atoms with Crippen molar-refractivity contribution in [1.82, 2.24) is 15.1 Å². The number of nitrogens with one attached hydrogen (secondary N) is 1. The van der Waals surface area contributed by atoms with Gasteiger partial charge in [0.15, 0.2) is 0 Å². The highest BCUT2D eigenvalue weighted by molar-refractivity contribution is 5.76. The largest absolute Gasteiger partial charge is 0.419 e. The van der Waals surface area contributed by atoms with Gasteiger partial charge in [0, 0.05) is 12.6 Å². The highest BCUT2D eigenvalue weighted by Gasteiger charge is 2.32. The van der Waals surface area contributed by atoms with Crippen LogP contribution in [-0.2, 0) is 17.5 Å². The summed E-state index contributed by atoms with van der Waals surface area (Å²) in [6.45, 7) is 5.35. The molecule has 0 aliphatic rings. The van der Waals surface area contributed by atoms with Gasteiger partial charge in [0.2, 0.25) is 5.91 Å². The molecule has 1 heterocycles. The molecule has 0 aliphatic heterocycles. The Labute approximate surface area is 103 Å². The van der Waals surface area contributed by atoms with Crippen LogP contribution >= 0.6 is 0 Å². The van der Waals surface area contributed by atoms with Crippen molar-refractivity contribution in [3.8, 4) is 0 Å². The molecule has 4 nitrogen and oxygen atoms in total. The number of hydrogen-bond donors (Lipinski definition) is 1. The van der Waals surface area contributed by atoms with Crippen LogP contribution in [0.4, 0.5) is 13.2 Å². The lowest BCUT2D eigenvalue weighted by atomic mass is 10.1. The van der Waals surface area contributed by atoms with Crippen molar-refractivity contribution < 1.29 is 18.0 Å². The average molecular weight is 263 g/mol. The van der Waals surface area contributed by atoms with E-state index in [0.717, 1.165) is 12.4 Å². The van der Waals surface area contributed by atoms with Crippen LogP contribution in [0.5, 0.6) is 0 Å². The minimum absolute atomic E-state index is 0.150. The second-order valence-electron chi connectivity index (χ2n) is 4.71. The van der Waals surface area contributed by atoms with Crippen LogP contribution in [0.25, 0.3) is 0 Å². The van der Waals surface area contributed by atoms with Crippen LogP contribution in [0.15, 0.2) is 12.4 Å². The molecule has 0 unspecified atom stereocenters. The maximum Gasteiger partial charge on any atom is 0.419 e. The van der Waals surface area contributed by atoms with Gasteiger partial charge in [-0.15, -0.1) is 0 Å². The first-order valence-corrected chi connectivity index (χ1v) is 5.55. The lowest BCUT2D eigenvalue weighted by Gasteiger charge is -2.26. The Bertz CT molecular complexity index is 423. The fraction of sp³-hybridized carbons (Fsp3) is 0.636. The highest BCUT2D eigenvalue weighted by atomic mass is 19.4. The maximum atomic E-state index is 12.4. The van der Waals surface area contributed by atoms with E-state index in [0.29, 0.717) is 6.42 Å². The van der Waals surface area contributed by atoms with Crippen molar-refractivity contribution in [2.45, 2.75) is 45.5 Å². The fourth-order valence-electron chi connectivity index (χ4n) is 1.51. The Morgan fingerprint density at radius 2 is 2.06 bits per heavy atom.